The second kappa shape index (κ2) is 9.15. The highest BCUT2D eigenvalue weighted by molar-refractivity contribution is 5.94. The molecule has 1 aliphatic heterocycles. The molecule has 30 heavy (non-hydrogen) atoms. The number of piperidine rings is 1. The predicted octanol–water partition coefficient (Wildman–Crippen LogP) is 3.64. The second-order valence-corrected chi connectivity index (χ2v) is 6.92. The minimum Gasteiger partial charge on any atom is -0.484 e. The van der Waals surface area contributed by atoms with Crippen LogP contribution in [0.1, 0.15) is 28.8 Å². The molecular formula is C21H20F4N2O3. The van der Waals surface area contributed by atoms with Crippen LogP contribution >= 0.6 is 0 Å². The Labute approximate surface area is 170 Å². The number of carbonyl (C=O) groups is 2. The van der Waals surface area contributed by atoms with Crippen LogP contribution in [0.3, 0.4) is 0 Å². The summed E-state index contributed by atoms with van der Waals surface area (Å²) in [4.78, 5) is 26.0. The van der Waals surface area contributed by atoms with Gasteiger partial charge in [-0.15, -0.1) is 0 Å². The zero-order chi connectivity index (χ0) is 21.7. The van der Waals surface area contributed by atoms with E-state index in [1.165, 1.54) is 18.2 Å². The van der Waals surface area contributed by atoms with Gasteiger partial charge in [-0.25, -0.2) is 4.39 Å². The van der Waals surface area contributed by atoms with Crippen molar-refractivity contribution in [2.45, 2.75) is 25.1 Å². The highest BCUT2D eigenvalue weighted by Crippen LogP contribution is 2.30. The first-order chi connectivity index (χ1) is 14.2. The summed E-state index contributed by atoms with van der Waals surface area (Å²) in [5.41, 5.74) is -0.777. The quantitative estimate of drug-likeness (QED) is 0.746. The Kier molecular flexibility index (Phi) is 6.59. The molecule has 2 aromatic rings. The van der Waals surface area contributed by atoms with Gasteiger partial charge in [-0.1, -0.05) is 12.1 Å². The van der Waals surface area contributed by atoms with Gasteiger partial charge in [0.25, 0.3) is 11.8 Å². The molecule has 0 atom stereocenters. The van der Waals surface area contributed by atoms with E-state index in [1.807, 2.05) is 0 Å². The van der Waals surface area contributed by atoms with Gasteiger partial charge in [0.05, 0.1) is 11.1 Å². The molecular weight excluding hydrogens is 404 g/mol. The fourth-order valence-electron chi connectivity index (χ4n) is 3.19. The number of likely N-dealkylation sites (tertiary alicyclic amines) is 1. The molecule has 3 rings (SSSR count). The van der Waals surface area contributed by atoms with E-state index in [-0.39, 0.29) is 29.9 Å². The van der Waals surface area contributed by atoms with E-state index < -0.39 is 23.5 Å². The normalized spacial score (nSPS) is 15.0. The molecule has 0 spiro atoms. The number of carbonyl (C=O) groups excluding carboxylic acids is 2. The van der Waals surface area contributed by atoms with Crippen LogP contribution in [0.4, 0.5) is 17.6 Å². The third-order valence-corrected chi connectivity index (χ3v) is 4.80. The minimum atomic E-state index is -4.43. The molecule has 1 N–H and O–H groups in total. The van der Waals surface area contributed by atoms with Crippen molar-refractivity contribution in [3.05, 3.63) is 65.5 Å². The molecule has 1 saturated heterocycles. The molecule has 0 bridgehead atoms. The van der Waals surface area contributed by atoms with Crippen molar-refractivity contribution in [3.8, 4) is 5.75 Å². The summed E-state index contributed by atoms with van der Waals surface area (Å²) in [6.45, 7) is 0.412. The number of hydrogen-bond acceptors (Lipinski definition) is 3. The van der Waals surface area contributed by atoms with Crippen LogP contribution in [-0.2, 0) is 11.0 Å². The first-order valence-electron chi connectivity index (χ1n) is 9.37. The first kappa shape index (κ1) is 21.6. The van der Waals surface area contributed by atoms with Crippen LogP contribution < -0.4 is 10.1 Å². The Hall–Kier alpha value is -3.10. The maximum Gasteiger partial charge on any atom is 0.416 e. The van der Waals surface area contributed by atoms with Gasteiger partial charge < -0.3 is 15.0 Å². The second-order valence-electron chi connectivity index (χ2n) is 6.92. The van der Waals surface area contributed by atoms with Gasteiger partial charge in [0.15, 0.2) is 6.61 Å². The van der Waals surface area contributed by atoms with E-state index in [1.54, 1.807) is 11.0 Å². The monoisotopic (exact) mass is 424 g/mol. The molecule has 5 nitrogen and oxygen atoms in total. The lowest BCUT2D eigenvalue weighted by atomic mass is 10.0. The van der Waals surface area contributed by atoms with Crippen molar-refractivity contribution in [2.75, 3.05) is 19.7 Å². The Balaban J connectivity index is 1.43. The number of nitrogens with one attached hydrogen (secondary N) is 1. The van der Waals surface area contributed by atoms with Gasteiger partial charge in [0.1, 0.15) is 11.6 Å². The van der Waals surface area contributed by atoms with E-state index in [9.17, 15) is 27.2 Å². The highest BCUT2D eigenvalue weighted by Gasteiger charge is 2.30. The number of amides is 2. The summed E-state index contributed by atoms with van der Waals surface area (Å²) in [7, 11) is 0. The molecule has 0 aliphatic carbocycles. The van der Waals surface area contributed by atoms with E-state index in [0.717, 1.165) is 24.3 Å². The van der Waals surface area contributed by atoms with Gasteiger partial charge in [-0.3, -0.25) is 9.59 Å². The summed E-state index contributed by atoms with van der Waals surface area (Å²) < 4.78 is 56.6. The Morgan fingerprint density at radius 3 is 2.27 bits per heavy atom. The first-order valence-corrected chi connectivity index (χ1v) is 9.37. The molecule has 2 amide bonds. The van der Waals surface area contributed by atoms with Gasteiger partial charge >= 0.3 is 6.18 Å². The molecule has 1 heterocycles. The van der Waals surface area contributed by atoms with Gasteiger partial charge in [-0.2, -0.15) is 13.2 Å². The summed E-state index contributed by atoms with van der Waals surface area (Å²) in [5.74, 6) is -1.21. The van der Waals surface area contributed by atoms with E-state index in [0.29, 0.717) is 25.9 Å². The standard InChI is InChI=1S/C21H20F4N2O3/c22-18-4-2-1-3-17(18)20(29)27-11-9-15(10-12-27)26-19(28)13-30-16-7-5-14(6-8-16)21(23,24)25/h1-8,15H,9-13H2,(H,26,28). The van der Waals surface area contributed by atoms with Crippen molar-refractivity contribution >= 4 is 11.8 Å². The summed E-state index contributed by atoms with van der Waals surface area (Å²) in [6, 6.07) is 9.69. The van der Waals surface area contributed by atoms with Crippen LogP contribution in [0, 0.1) is 5.82 Å². The lowest BCUT2D eigenvalue weighted by Crippen LogP contribution is -2.47. The third-order valence-electron chi connectivity index (χ3n) is 4.80. The molecule has 0 radical (unpaired) electrons. The number of benzene rings is 2. The summed E-state index contributed by atoms with van der Waals surface area (Å²) in [5, 5.41) is 2.78. The Bertz CT molecular complexity index is 892. The van der Waals surface area contributed by atoms with Crippen molar-refractivity contribution in [3.63, 3.8) is 0 Å². The molecule has 2 aromatic carbocycles. The molecule has 9 heteroatoms. The lowest BCUT2D eigenvalue weighted by Gasteiger charge is -2.32. The molecule has 1 aliphatic rings. The number of rotatable bonds is 5. The summed E-state index contributed by atoms with van der Waals surface area (Å²) in [6.07, 6.45) is -3.42. The highest BCUT2D eigenvalue weighted by atomic mass is 19.4. The number of alkyl halides is 3. The topological polar surface area (TPSA) is 58.6 Å². The van der Waals surface area contributed by atoms with Crippen molar-refractivity contribution in [2.24, 2.45) is 0 Å². The number of hydrogen-bond donors (Lipinski definition) is 1. The fraction of sp³-hybridized carbons (Fsp3) is 0.333. The summed E-state index contributed by atoms with van der Waals surface area (Å²) >= 11 is 0. The Morgan fingerprint density at radius 1 is 1.03 bits per heavy atom. The minimum absolute atomic E-state index is 0.0185. The SMILES string of the molecule is O=C(COc1ccc(C(F)(F)F)cc1)NC1CCN(C(=O)c2ccccc2F)CC1. The van der Waals surface area contributed by atoms with Crippen LogP contribution in [-0.4, -0.2) is 42.5 Å². The molecule has 0 saturated carbocycles. The Morgan fingerprint density at radius 2 is 1.67 bits per heavy atom. The maximum atomic E-state index is 13.8. The lowest BCUT2D eigenvalue weighted by molar-refractivity contribution is -0.137. The average molecular weight is 424 g/mol. The number of halogens is 4. The fourth-order valence-corrected chi connectivity index (χ4v) is 3.19. The number of nitrogens with zero attached hydrogens (tertiary/aromatic N) is 1. The van der Waals surface area contributed by atoms with Crippen LogP contribution in [0.5, 0.6) is 5.75 Å². The smallest absolute Gasteiger partial charge is 0.416 e. The van der Waals surface area contributed by atoms with Crippen molar-refractivity contribution in [1.82, 2.24) is 10.2 Å². The predicted molar refractivity (Wildman–Crippen MR) is 100 cm³/mol. The molecule has 0 aromatic heterocycles. The van der Waals surface area contributed by atoms with Crippen molar-refractivity contribution < 1.29 is 31.9 Å². The van der Waals surface area contributed by atoms with Gasteiger partial charge in [0.2, 0.25) is 0 Å². The molecule has 0 unspecified atom stereocenters. The van der Waals surface area contributed by atoms with Crippen LogP contribution in [0.25, 0.3) is 0 Å². The van der Waals surface area contributed by atoms with E-state index in [4.69, 9.17) is 4.74 Å². The zero-order valence-corrected chi connectivity index (χ0v) is 15.9. The van der Waals surface area contributed by atoms with Gasteiger partial charge in [0, 0.05) is 19.1 Å². The average Bonchev–Trinajstić information content (AvgIpc) is 2.72. The zero-order valence-electron chi connectivity index (χ0n) is 15.9. The van der Waals surface area contributed by atoms with E-state index >= 15 is 0 Å². The van der Waals surface area contributed by atoms with Crippen molar-refractivity contribution in [1.29, 1.82) is 0 Å². The maximum absolute atomic E-state index is 13.8. The number of ether oxygens (including phenoxy) is 1. The largest absolute Gasteiger partial charge is 0.484 e. The molecule has 1 fully saturated rings. The van der Waals surface area contributed by atoms with Gasteiger partial charge in [-0.05, 0) is 49.2 Å². The third kappa shape index (κ3) is 5.49. The van der Waals surface area contributed by atoms with Crippen LogP contribution in [0.15, 0.2) is 48.5 Å². The molecule has 160 valence electrons. The van der Waals surface area contributed by atoms with E-state index in [2.05, 4.69) is 5.32 Å². The van der Waals surface area contributed by atoms with Crippen LogP contribution in [0.2, 0.25) is 0 Å².